The number of rotatable bonds is 0. The van der Waals surface area contributed by atoms with Crippen LogP contribution in [0.4, 0.5) is 0 Å². The lowest BCUT2D eigenvalue weighted by molar-refractivity contribution is -0.324. The van der Waals surface area contributed by atoms with Gasteiger partial charge in [-0.15, -0.1) is 0 Å². The summed E-state index contributed by atoms with van der Waals surface area (Å²) in [5, 5.41) is 0. The van der Waals surface area contributed by atoms with E-state index in [4.69, 9.17) is 14.2 Å². The van der Waals surface area contributed by atoms with Crippen LogP contribution in [0.5, 0.6) is 0 Å². The summed E-state index contributed by atoms with van der Waals surface area (Å²) >= 11 is 0. The van der Waals surface area contributed by atoms with Crippen molar-refractivity contribution in [3.05, 3.63) is 23.2 Å². The summed E-state index contributed by atoms with van der Waals surface area (Å²) in [6, 6.07) is 1.97. The van der Waals surface area contributed by atoms with Gasteiger partial charge >= 0.3 is 0 Å². The van der Waals surface area contributed by atoms with E-state index in [-0.39, 0.29) is 0 Å². The molecule has 3 nitrogen and oxygen atoms in total. The molecule has 0 aliphatic carbocycles. The van der Waals surface area contributed by atoms with E-state index in [9.17, 15) is 0 Å². The maximum absolute atomic E-state index is 5.30. The molecule has 0 bridgehead atoms. The van der Waals surface area contributed by atoms with Crippen molar-refractivity contribution in [2.75, 3.05) is 0 Å². The first-order valence-electron chi connectivity index (χ1n) is 3.19. The van der Waals surface area contributed by atoms with Gasteiger partial charge in [-0.05, 0) is 13.0 Å². The van der Waals surface area contributed by atoms with Gasteiger partial charge in [-0.2, -0.15) is 0 Å². The third-order valence-corrected chi connectivity index (χ3v) is 1.51. The largest absolute Gasteiger partial charge is 0.463 e. The van der Waals surface area contributed by atoms with Crippen LogP contribution >= 0.6 is 0 Å². The van der Waals surface area contributed by atoms with Gasteiger partial charge < -0.3 is 4.42 Å². The first-order chi connectivity index (χ1) is 4.86. The fourth-order valence-electron chi connectivity index (χ4n) is 1.06. The van der Waals surface area contributed by atoms with Gasteiger partial charge in [0, 0.05) is 5.56 Å². The summed E-state index contributed by atoms with van der Waals surface area (Å²) in [5.74, 6) is 1.81. The fraction of sp³-hybridized carbons (Fsp3) is 0.429. The predicted octanol–water partition coefficient (Wildman–Crippen LogP) is 1.55. The average molecular weight is 140 g/mol. The molecule has 0 radical (unpaired) electrons. The molecule has 1 aliphatic heterocycles. The number of fused-ring (bicyclic) bond motifs is 1. The third kappa shape index (κ3) is 0.836. The molecule has 0 fully saturated rings. The summed E-state index contributed by atoms with van der Waals surface area (Å²) < 4.78 is 5.30. The van der Waals surface area contributed by atoms with Crippen LogP contribution in [0.25, 0.3) is 0 Å². The molecule has 0 unspecified atom stereocenters. The van der Waals surface area contributed by atoms with E-state index in [2.05, 4.69) is 0 Å². The fourth-order valence-corrected chi connectivity index (χ4v) is 1.06. The molecule has 3 heteroatoms. The van der Waals surface area contributed by atoms with Crippen LogP contribution in [0, 0.1) is 6.92 Å². The van der Waals surface area contributed by atoms with Gasteiger partial charge in [-0.1, -0.05) is 0 Å². The first kappa shape index (κ1) is 5.95. The molecule has 0 N–H and O–H groups in total. The minimum absolute atomic E-state index is 0.434. The lowest BCUT2D eigenvalue weighted by Gasteiger charge is -2.08. The Morgan fingerprint density at radius 3 is 2.90 bits per heavy atom. The SMILES string of the molecule is Cc1cc2c(o1)COOC2. The molecule has 0 saturated carbocycles. The molecule has 1 aromatic rings. The number of hydrogen-bond donors (Lipinski definition) is 0. The van der Waals surface area contributed by atoms with Crippen LogP contribution in [0.2, 0.25) is 0 Å². The van der Waals surface area contributed by atoms with Crippen LogP contribution < -0.4 is 0 Å². The highest BCUT2D eigenvalue weighted by atomic mass is 17.2. The summed E-state index contributed by atoms with van der Waals surface area (Å²) in [7, 11) is 0. The summed E-state index contributed by atoms with van der Waals surface area (Å²) in [6.07, 6.45) is 0. The molecule has 1 aromatic heterocycles. The van der Waals surface area contributed by atoms with Crippen molar-refractivity contribution < 1.29 is 14.2 Å². The Hall–Kier alpha value is -0.800. The Kier molecular flexibility index (Phi) is 1.25. The first-order valence-corrected chi connectivity index (χ1v) is 3.19. The van der Waals surface area contributed by atoms with Crippen molar-refractivity contribution in [3.8, 4) is 0 Å². The molecule has 54 valence electrons. The zero-order chi connectivity index (χ0) is 6.97. The van der Waals surface area contributed by atoms with E-state index in [0.717, 1.165) is 17.1 Å². The normalized spacial score (nSPS) is 16.9. The van der Waals surface area contributed by atoms with Crippen LogP contribution in [0.15, 0.2) is 10.5 Å². The lowest BCUT2D eigenvalue weighted by Crippen LogP contribution is -2.03. The Labute approximate surface area is 58.5 Å². The summed E-state index contributed by atoms with van der Waals surface area (Å²) in [4.78, 5) is 9.46. The minimum atomic E-state index is 0.434. The molecular weight excluding hydrogens is 132 g/mol. The predicted molar refractivity (Wildman–Crippen MR) is 33.0 cm³/mol. The second kappa shape index (κ2) is 2.11. The molecule has 0 aromatic carbocycles. The molecule has 2 rings (SSSR count). The Bertz CT molecular complexity index is 215. The maximum Gasteiger partial charge on any atom is 0.140 e. The number of aryl methyl sites for hydroxylation is 1. The van der Waals surface area contributed by atoms with E-state index in [0.29, 0.717) is 13.2 Å². The average Bonchev–Trinajstić information content (AvgIpc) is 2.27. The minimum Gasteiger partial charge on any atom is -0.463 e. The van der Waals surface area contributed by atoms with Gasteiger partial charge in [0.05, 0.1) is 0 Å². The molecule has 2 heterocycles. The molecule has 0 atom stereocenters. The van der Waals surface area contributed by atoms with Crippen molar-refractivity contribution in [1.29, 1.82) is 0 Å². The highest BCUT2D eigenvalue weighted by Crippen LogP contribution is 2.20. The van der Waals surface area contributed by atoms with Gasteiger partial charge in [0.2, 0.25) is 0 Å². The van der Waals surface area contributed by atoms with E-state index >= 15 is 0 Å². The van der Waals surface area contributed by atoms with Gasteiger partial charge in [0.25, 0.3) is 0 Å². The van der Waals surface area contributed by atoms with E-state index in [1.54, 1.807) is 0 Å². The maximum atomic E-state index is 5.30. The third-order valence-electron chi connectivity index (χ3n) is 1.51. The number of hydrogen-bond acceptors (Lipinski definition) is 3. The van der Waals surface area contributed by atoms with Crippen molar-refractivity contribution in [2.24, 2.45) is 0 Å². The van der Waals surface area contributed by atoms with Gasteiger partial charge in [-0.25, -0.2) is 9.78 Å². The highest BCUT2D eigenvalue weighted by molar-refractivity contribution is 5.20. The Morgan fingerprint density at radius 2 is 2.10 bits per heavy atom. The topological polar surface area (TPSA) is 31.6 Å². The Morgan fingerprint density at radius 1 is 1.30 bits per heavy atom. The molecule has 0 amide bonds. The summed E-state index contributed by atoms with van der Waals surface area (Å²) in [5.41, 5.74) is 1.10. The van der Waals surface area contributed by atoms with Crippen LogP contribution in [0.1, 0.15) is 17.1 Å². The van der Waals surface area contributed by atoms with Gasteiger partial charge in [0.15, 0.2) is 0 Å². The second-order valence-electron chi connectivity index (χ2n) is 2.33. The van der Waals surface area contributed by atoms with Crippen LogP contribution in [-0.2, 0) is 23.0 Å². The zero-order valence-electron chi connectivity index (χ0n) is 5.72. The van der Waals surface area contributed by atoms with Gasteiger partial charge in [-0.3, -0.25) is 0 Å². The van der Waals surface area contributed by atoms with Gasteiger partial charge in [0.1, 0.15) is 24.7 Å². The molecule has 10 heavy (non-hydrogen) atoms. The molecule has 1 aliphatic rings. The summed E-state index contributed by atoms with van der Waals surface area (Å²) in [6.45, 7) is 2.86. The van der Waals surface area contributed by atoms with Crippen LogP contribution in [-0.4, -0.2) is 0 Å². The highest BCUT2D eigenvalue weighted by Gasteiger charge is 2.14. The van der Waals surface area contributed by atoms with Crippen molar-refractivity contribution in [3.63, 3.8) is 0 Å². The van der Waals surface area contributed by atoms with Crippen molar-refractivity contribution in [1.82, 2.24) is 0 Å². The molecule has 0 spiro atoms. The van der Waals surface area contributed by atoms with Crippen molar-refractivity contribution >= 4 is 0 Å². The second-order valence-corrected chi connectivity index (χ2v) is 2.33. The smallest absolute Gasteiger partial charge is 0.140 e. The Balaban J connectivity index is 2.41. The lowest BCUT2D eigenvalue weighted by atomic mass is 10.2. The molecule has 0 saturated heterocycles. The standard InChI is InChI=1S/C7H8O3/c1-5-2-6-3-8-9-4-7(6)10-5/h2H,3-4H2,1H3. The molecular formula is C7H8O3. The van der Waals surface area contributed by atoms with Crippen LogP contribution in [0.3, 0.4) is 0 Å². The van der Waals surface area contributed by atoms with E-state index in [1.165, 1.54) is 0 Å². The van der Waals surface area contributed by atoms with E-state index < -0.39 is 0 Å². The zero-order valence-corrected chi connectivity index (χ0v) is 5.72. The monoisotopic (exact) mass is 140 g/mol. The van der Waals surface area contributed by atoms with Crippen molar-refractivity contribution in [2.45, 2.75) is 20.1 Å². The van der Waals surface area contributed by atoms with E-state index in [1.807, 2.05) is 13.0 Å². The number of furan rings is 1. The quantitative estimate of drug-likeness (QED) is 0.512.